The predicted octanol–water partition coefficient (Wildman–Crippen LogP) is 0.692. The molecular formula is C12H13N3O3S. The SMILES string of the molecule is O=S(=O)(NCC1Cc2ccccc2O1)c1cnc[nH]1. The van der Waals surface area contributed by atoms with Crippen molar-refractivity contribution in [1.29, 1.82) is 0 Å². The number of nitrogens with zero attached hydrogens (tertiary/aromatic N) is 1. The number of fused-ring (bicyclic) bond motifs is 1. The molecule has 19 heavy (non-hydrogen) atoms. The maximum atomic E-state index is 11.9. The lowest BCUT2D eigenvalue weighted by Crippen LogP contribution is -2.34. The van der Waals surface area contributed by atoms with E-state index in [2.05, 4.69) is 14.7 Å². The van der Waals surface area contributed by atoms with Crippen LogP contribution < -0.4 is 9.46 Å². The second kappa shape index (κ2) is 4.67. The largest absolute Gasteiger partial charge is 0.488 e. The molecule has 1 aromatic carbocycles. The molecule has 0 aliphatic carbocycles. The monoisotopic (exact) mass is 279 g/mol. The van der Waals surface area contributed by atoms with Crippen LogP contribution in [-0.2, 0) is 16.4 Å². The molecule has 7 heteroatoms. The molecule has 0 radical (unpaired) electrons. The predicted molar refractivity (Wildman–Crippen MR) is 68.3 cm³/mol. The second-order valence-electron chi connectivity index (χ2n) is 4.32. The van der Waals surface area contributed by atoms with Crippen molar-refractivity contribution in [3.8, 4) is 5.75 Å². The van der Waals surface area contributed by atoms with Crippen molar-refractivity contribution in [2.24, 2.45) is 0 Å². The molecule has 1 aliphatic rings. The van der Waals surface area contributed by atoms with Gasteiger partial charge in [0.05, 0.1) is 12.5 Å². The summed E-state index contributed by atoms with van der Waals surface area (Å²) in [4.78, 5) is 6.26. The van der Waals surface area contributed by atoms with Gasteiger partial charge in [-0.15, -0.1) is 0 Å². The fourth-order valence-electron chi connectivity index (χ4n) is 2.04. The number of nitrogens with one attached hydrogen (secondary N) is 2. The lowest BCUT2D eigenvalue weighted by molar-refractivity contribution is 0.236. The number of aromatic amines is 1. The van der Waals surface area contributed by atoms with E-state index in [4.69, 9.17) is 4.74 Å². The number of sulfonamides is 1. The lowest BCUT2D eigenvalue weighted by atomic mass is 10.1. The first kappa shape index (κ1) is 12.2. The van der Waals surface area contributed by atoms with Gasteiger partial charge in [-0.25, -0.2) is 18.1 Å². The van der Waals surface area contributed by atoms with Gasteiger partial charge in [-0.2, -0.15) is 0 Å². The third kappa shape index (κ3) is 2.47. The van der Waals surface area contributed by atoms with Crippen LogP contribution >= 0.6 is 0 Å². The summed E-state index contributed by atoms with van der Waals surface area (Å²) in [6, 6.07) is 7.72. The molecule has 2 aromatic rings. The zero-order valence-electron chi connectivity index (χ0n) is 10.0. The first-order chi connectivity index (χ1) is 9.15. The summed E-state index contributed by atoms with van der Waals surface area (Å²) < 4.78 is 32.0. The Hall–Kier alpha value is -1.86. The minimum Gasteiger partial charge on any atom is -0.488 e. The van der Waals surface area contributed by atoms with Gasteiger partial charge >= 0.3 is 0 Å². The fraction of sp³-hybridized carbons (Fsp3) is 0.250. The van der Waals surface area contributed by atoms with E-state index < -0.39 is 10.0 Å². The van der Waals surface area contributed by atoms with Gasteiger partial charge in [0.25, 0.3) is 10.0 Å². The molecule has 0 saturated heterocycles. The van der Waals surface area contributed by atoms with Crippen LogP contribution in [-0.4, -0.2) is 31.0 Å². The van der Waals surface area contributed by atoms with Crippen LogP contribution in [0.4, 0.5) is 0 Å². The van der Waals surface area contributed by atoms with Crippen LogP contribution in [0.2, 0.25) is 0 Å². The van der Waals surface area contributed by atoms with Gasteiger partial charge in [-0.3, -0.25) is 0 Å². The molecule has 2 N–H and O–H groups in total. The molecular weight excluding hydrogens is 266 g/mol. The highest BCUT2D eigenvalue weighted by Crippen LogP contribution is 2.27. The quantitative estimate of drug-likeness (QED) is 0.862. The summed E-state index contributed by atoms with van der Waals surface area (Å²) in [6.45, 7) is 0.232. The van der Waals surface area contributed by atoms with Crippen molar-refractivity contribution in [2.45, 2.75) is 17.6 Å². The summed E-state index contributed by atoms with van der Waals surface area (Å²) in [5, 5.41) is 0.0583. The van der Waals surface area contributed by atoms with Crippen molar-refractivity contribution in [3.63, 3.8) is 0 Å². The minimum atomic E-state index is -3.54. The lowest BCUT2D eigenvalue weighted by Gasteiger charge is -2.11. The minimum absolute atomic E-state index is 0.0583. The van der Waals surface area contributed by atoms with Gasteiger partial charge in [0.1, 0.15) is 11.9 Å². The van der Waals surface area contributed by atoms with E-state index in [0.29, 0.717) is 6.42 Å². The van der Waals surface area contributed by atoms with Crippen LogP contribution in [0.3, 0.4) is 0 Å². The Morgan fingerprint density at radius 3 is 3.00 bits per heavy atom. The molecule has 0 saturated carbocycles. The van der Waals surface area contributed by atoms with E-state index in [0.717, 1.165) is 11.3 Å². The van der Waals surface area contributed by atoms with E-state index in [1.807, 2.05) is 24.3 Å². The number of aromatic nitrogens is 2. The molecule has 100 valence electrons. The van der Waals surface area contributed by atoms with Gasteiger partial charge in [-0.05, 0) is 11.6 Å². The Labute approximate surface area is 110 Å². The molecule has 1 atom stereocenters. The smallest absolute Gasteiger partial charge is 0.257 e. The van der Waals surface area contributed by atoms with Gasteiger partial charge in [0.2, 0.25) is 0 Å². The number of para-hydroxylation sites is 1. The number of benzene rings is 1. The van der Waals surface area contributed by atoms with E-state index in [9.17, 15) is 8.42 Å². The normalized spacial score (nSPS) is 18.0. The van der Waals surface area contributed by atoms with Crippen LogP contribution in [0.5, 0.6) is 5.75 Å². The van der Waals surface area contributed by atoms with E-state index in [1.165, 1.54) is 12.5 Å². The molecule has 6 nitrogen and oxygen atoms in total. The van der Waals surface area contributed by atoms with Crippen molar-refractivity contribution in [1.82, 2.24) is 14.7 Å². The summed E-state index contributed by atoms with van der Waals surface area (Å²) in [5.74, 6) is 0.827. The summed E-state index contributed by atoms with van der Waals surface area (Å²) in [5.41, 5.74) is 1.10. The van der Waals surface area contributed by atoms with Gasteiger partial charge in [0, 0.05) is 13.0 Å². The van der Waals surface area contributed by atoms with Crippen molar-refractivity contribution < 1.29 is 13.2 Å². The Balaban J connectivity index is 1.63. The average Bonchev–Trinajstić information content (AvgIpc) is 3.05. The number of rotatable bonds is 4. The molecule has 1 aliphatic heterocycles. The first-order valence-corrected chi connectivity index (χ1v) is 7.36. The maximum Gasteiger partial charge on any atom is 0.257 e. The molecule has 2 heterocycles. The molecule has 0 amide bonds. The Morgan fingerprint density at radius 2 is 2.26 bits per heavy atom. The van der Waals surface area contributed by atoms with Crippen molar-refractivity contribution >= 4 is 10.0 Å². The summed E-state index contributed by atoms with van der Waals surface area (Å²) >= 11 is 0. The topological polar surface area (TPSA) is 84.1 Å². The van der Waals surface area contributed by atoms with Crippen LogP contribution in [0, 0.1) is 0 Å². The highest BCUT2D eigenvalue weighted by Gasteiger charge is 2.24. The summed E-state index contributed by atoms with van der Waals surface area (Å²) in [7, 11) is -3.54. The molecule has 3 rings (SSSR count). The second-order valence-corrected chi connectivity index (χ2v) is 6.05. The molecule has 0 fully saturated rings. The van der Waals surface area contributed by atoms with Gasteiger partial charge in [0.15, 0.2) is 5.03 Å². The maximum absolute atomic E-state index is 11.9. The van der Waals surface area contributed by atoms with Crippen LogP contribution in [0.25, 0.3) is 0 Å². The van der Waals surface area contributed by atoms with E-state index in [1.54, 1.807) is 0 Å². The van der Waals surface area contributed by atoms with Crippen molar-refractivity contribution in [3.05, 3.63) is 42.4 Å². The van der Waals surface area contributed by atoms with E-state index in [-0.39, 0.29) is 17.7 Å². The molecule has 0 spiro atoms. The molecule has 0 bridgehead atoms. The Bertz CT molecular complexity index is 642. The first-order valence-electron chi connectivity index (χ1n) is 5.88. The van der Waals surface area contributed by atoms with Crippen LogP contribution in [0.15, 0.2) is 41.8 Å². The number of ether oxygens (including phenoxy) is 1. The fourth-order valence-corrected chi connectivity index (χ4v) is 3.01. The number of hydrogen-bond donors (Lipinski definition) is 2. The zero-order chi connectivity index (χ0) is 13.3. The Kier molecular flexibility index (Phi) is 3.00. The molecule has 1 unspecified atom stereocenters. The highest BCUT2D eigenvalue weighted by atomic mass is 32.2. The Morgan fingerprint density at radius 1 is 1.42 bits per heavy atom. The highest BCUT2D eigenvalue weighted by molar-refractivity contribution is 7.89. The third-order valence-corrected chi connectivity index (χ3v) is 4.33. The standard InChI is InChI=1S/C12H13N3O3S/c16-19(17,12-7-13-8-14-12)15-6-10-5-9-3-1-2-4-11(9)18-10/h1-4,7-8,10,15H,5-6H2,(H,13,14). The number of hydrogen-bond acceptors (Lipinski definition) is 4. The number of imidazole rings is 1. The zero-order valence-corrected chi connectivity index (χ0v) is 10.9. The van der Waals surface area contributed by atoms with Crippen LogP contribution in [0.1, 0.15) is 5.56 Å². The number of H-pyrrole nitrogens is 1. The van der Waals surface area contributed by atoms with Gasteiger partial charge in [-0.1, -0.05) is 18.2 Å². The average molecular weight is 279 g/mol. The van der Waals surface area contributed by atoms with E-state index >= 15 is 0 Å². The van der Waals surface area contributed by atoms with Gasteiger partial charge < -0.3 is 9.72 Å². The molecule has 1 aromatic heterocycles. The van der Waals surface area contributed by atoms with Crippen molar-refractivity contribution in [2.75, 3.05) is 6.54 Å². The third-order valence-electron chi connectivity index (χ3n) is 2.98. The summed E-state index contributed by atoms with van der Waals surface area (Å²) in [6.07, 6.45) is 3.14.